The maximum atomic E-state index is 12.0. The molecule has 4 nitrogen and oxygen atoms in total. The van der Waals surface area contributed by atoms with E-state index in [1.54, 1.807) is 0 Å². The van der Waals surface area contributed by atoms with E-state index in [0.717, 1.165) is 6.07 Å². The van der Waals surface area contributed by atoms with Crippen molar-refractivity contribution in [2.75, 3.05) is 0 Å². The van der Waals surface area contributed by atoms with E-state index in [9.17, 15) is 13.2 Å². The van der Waals surface area contributed by atoms with Crippen molar-refractivity contribution in [2.24, 2.45) is 5.73 Å². The minimum absolute atomic E-state index is 0.0468. The monoisotopic (exact) mass is 348 g/mol. The van der Waals surface area contributed by atoms with Crippen molar-refractivity contribution < 1.29 is 23.0 Å². The van der Waals surface area contributed by atoms with Gasteiger partial charge in [0.25, 0.3) is 0 Å². The van der Waals surface area contributed by atoms with E-state index in [-0.39, 0.29) is 12.2 Å². The molecule has 0 aliphatic carbocycles. The first kappa shape index (κ1) is 13.5. The Kier molecular flexibility index (Phi) is 4.33. The Bertz CT molecular complexity index is 384. The maximum absolute atomic E-state index is 12.0. The fourth-order valence-electron chi connectivity index (χ4n) is 1.02. The van der Waals surface area contributed by atoms with Gasteiger partial charge in [0.2, 0.25) is 0 Å². The summed E-state index contributed by atoms with van der Waals surface area (Å²) in [7, 11) is 0. The molecule has 1 rings (SSSR count). The number of halogens is 4. The lowest BCUT2D eigenvalue weighted by molar-refractivity contribution is -0.275. The third-order valence-electron chi connectivity index (χ3n) is 1.68. The summed E-state index contributed by atoms with van der Waals surface area (Å²) in [4.78, 5) is 3.78. The van der Waals surface area contributed by atoms with E-state index < -0.39 is 18.7 Å². The van der Waals surface area contributed by atoms with Crippen molar-refractivity contribution in [1.29, 1.82) is 0 Å². The molecule has 0 aromatic carbocycles. The largest absolute Gasteiger partial charge is 0.573 e. The lowest BCUT2D eigenvalue weighted by Gasteiger charge is -2.13. The van der Waals surface area contributed by atoms with Crippen molar-refractivity contribution >= 4 is 22.6 Å². The van der Waals surface area contributed by atoms with Crippen LogP contribution < -0.4 is 10.5 Å². The van der Waals surface area contributed by atoms with Crippen LogP contribution in [-0.4, -0.2) is 16.5 Å². The second-order valence-corrected chi connectivity index (χ2v) is 3.81. The second-order valence-electron chi connectivity index (χ2n) is 2.79. The van der Waals surface area contributed by atoms with Crippen LogP contribution in [0.15, 0.2) is 6.07 Å². The van der Waals surface area contributed by atoms with Gasteiger partial charge in [-0.3, -0.25) is 0 Å². The van der Waals surface area contributed by atoms with Gasteiger partial charge < -0.3 is 15.6 Å². The summed E-state index contributed by atoms with van der Waals surface area (Å²) in [5.74, 6) is -0.518. The molecule has 3 N–H and O–H groups in total. The highest BCUT2D eigenvalue weighted by Crippen LogP contribution is 2.28. The number of pyridine rings is 1. The van der Waals surface area contributed by atoms with Gasteiger partial charge in [0, 0.05) is 12.1 Å². The summed E-state index contributed by atoms with van der Waals surface area (Å²) in [5.41, 5.74) is 5.59. The third kappa shape index (κ3) is 3.46. The van der Waals surface area contributed by atoms with Crippen molar-refractivity contribution in [3.63, 3.8) is 0 Å². The summed E-state index contributed by atoms with van der Waals surface area (Å²) in [6.45, 7) is -0.586. The molecule has 1 aromatic rings. The minimum Gasteiger partial charge on any atom is -0.404 e. The molecule has 0 radical (unpaired) electrons. The number of aliphatic hydroxyl groups is 1. The van der Waals surface area contributed by atoms with E-state index >= 15 is 0 Å². The van der Waals surface area contributed by atoms with E-state index in [2.05, 4.69) is 9.72 Å². The smallest absolute Gasteiger partial charge is 0.404 e. The summed E-state index contributed by atoms with van der Waals surface area (Å²) in [6, 6.07) is 1.13. The Morgan fingerprint density at radius 1 is 1.50 bits per heavy atom. The van der Waals surface area contributed by atoms with Gasteiger partial charge in [-0.2, -0.15) is 0 Å². The van der Waals surface area contributed by atoms with E-state index in [0.29, 0.717) is 9.26 Å². The van der Waals surface area contributed by atoms with Crippen molar-refractivity contribution in [2.45, 2.75) is 19.5 Å². The van der Waals surface area contributed by atoms with Crippen LogP contribution in [-0.2, 0) is 13.2 Å². The van der Waals surface area contributed by atoms with Gasteiger partial charge in [-0.1, -0.05) is 0 Å². The van der Waals surface area contributed by atoms with Gasteiger partial charge in [0.1, 0.15) is 9.39 Å². The van der Waals surface area contributed by atoms with Crippen LogP contribution in [0.25, 0.3) is 0 Å². The molecule has 1 aromatic heterocycles. The summed E-state index contributed by atoms with van der Waals surface area (Å²) in [5, 5.41) is 8.86. The number of nitrogens with two attached hydrogens (primary N) is 1. The molecule has 0 amide bonds. The van der Waals surface area contributed by atoms with Crippen molar-refractivity contribution in [3.8, 4) is 5.75 Å². The van der Waals surface area contributed by atoms with Crippen molar-refractivity contribution in [1.82, 2.24) is 4.98 Å². The standard InChI is InChI=1S/C8H8F3IN2O2/c9-8(10,11)16-6-1-4(2-13)7(12)14-5(6)3-15/h1,15H,2-3,13H2. The number of alkyl halides is 3. The molecular formula is C8H8F3IN2O2. The molecule has 0 unspecified atom stereocenters. The average Bonchev–Trinajstić information content (AvgIpc) is 2.18. The maximum Gasteiger partial charge on any atom is 0.573 e. The zero-order valence-electron chi connectivity index (χ0n) is 7.88. The molecule has 0 atom stereocenters. The average molecular weight is 348 g/mol. The predicted molar refractivity (Wildman–Crippen MR) is 57.5 cm³/mol. The summed E-state index contributed by atoms with van der Waals surface area (Å²) < 4.78 is 40.3. The highest BCUT2D eigenvalue weighted by molar-refractivity contribution is 14.1. The van der Waals surface area contributed by atoms with Crippen LogP contribution in [0.5, 0.6) is 5.75 Å². The van der Waals surface area contributed by atoms with E-state index in [1.807, 2.05) is 22.6 Å². The first-order valence-electron chi connectivity index (χ1n) is 4.12. The molecule has 90 valence electrons. The van der Waals surface area contributed by atoms with Gasteiger partial charge in [-0.15, -0.1) is 13.2 Å². The highest BCUT2D eigenvalue weighted by atomic mass is 127. The number of nitrogens with zero attached hydrogens (tertiary/aromatic N) is 1. The van der Waals surface area contributed by atoms with Crippen LogP contribution in [0.4, 0.5) is 13.2 Å². The predicted octanol–water partition coefficient (Wildman–Crippen LogP) is 1.54. The van der Waals surface area contributed by atoms with Gasteiger partial charge in [0.05, 0.1) is 6.61 Å². The minimum atomic E-state index is -4.82. The van der Waals surface area contributed by atoms with Crippen LogP contribution in [0, 0.1) is 3.70 Å². The number of hydrogen-bond acceptors (Lipinski definition) is 4. The zero-order valence-corrected chi connectivity index (χ0v) is 10.0. The number of rotatable bonds is 3. The normalized spacial score (nSPS) is 11.6. The fraction of sp³-hybridized carbons (Fsp3) is 0.375. The Hall–Kier alpha value is -0.610. The molecule has 0 spiro atoms. The van der Waals surface area contributed by atoms with Gasteiger partial charge >= 0.3 is 6.36 Å². The first-order chi connectivity index (χ1) is 7.37. The molecule has 0 saturated carbocycles. The lowest BCUT2D eigenvalue weighted by Crippen LogP contribution is -2.19. The Labute approximate surface area is 103 Å². The van der Waals surface area contributed by atoms with E-state index in [4.69, 9.17) is 10.8 Å². The van der Waals surface area contributed by atoms with Gasteiger partial charge in [0.15, 0.2) is 5.75 Å². The highest BCUT2D eigenvalue weighted by Gasteiger charge is 2.32. The molecular weight excluding hydrogens is 340 g/mol. The molecule has 16 heavy (non-hydrogen) atoms. The number of aromatic nitrogens is 1. The molecule has 8 heteroatoms. The topological polar surface area (TPSA) is 68.4 Å². The Morgan fingerprint density at radius 2 is 2.12 bits per heavy atom. The Balaban J connectivity index is 3.15. The van der Waals surface area contributed by atoms with Crippen LogP contribution in [0.3, 0.4) is 0 Å². The van der Waals surface area contributed by atoms with Crippen molar-refractivity contribution in [3.05, 3.63) is 21.0 Å². The van der Waals surface area contributed by atoms with Gasteiger partial charge in [-0.05, 0) is 28.7 Å². The SMILES string of the molecule is NCc1cc(OC(F)(F)F)c(CO)nc1I. The first-order valence-corrected chi connectivity index (χ1v) is 5.20. The molecule has 1 heterocycles. The second kappa shape index (κ2) is 5.15. The van der Waals surface area contributed by atoms with Crippen LogP contribution in [0.1, 0.15) is 11.3 Å². The van der Waals surface area contributed by atoms with Crippen LogP contribution in [0.2, 0.25) is 0 Å². The molecule has 0 aliphatic heterocycles. The van der Waals surface area contributed by atoms with E-state index in [1.165, 1.54) is 0 Å². The van der Waals surface area contributed by atoms with Gasteiger partial charge in [-0.25, -0.2) is 4.98 Å². The van der Waals surface area contributed by atoms with Crippen LogP contribution >= 0.6 is 22.6 Å². The molecule has 0 aliphatic rings. The quantitative estimate of drug-likeness (QED) is 0.642. The summed E-state index contributed by atoms with van der Waals surface area (Å²) in [6.07, 6.45) is -4.82. The third-order valence-corrected chi connectivity index (χ3v) is 2.62. The molecule has 0 fully saturated rings. The number of hydrogen-bond donors (Lipinski definition) is 2. The Morgan fingerprint density at radius 3 is 2.56 bits per heavy atom. The number of aliphatic hydroxyl groups excluding tert-OH is 1. The lowest BCUT2D eigenvalue weighted by atomic mass is 10.2. The molecule has 0 saturated heterocycles. The molecule has 0 bridgehead atoms. The fourth-order valence-corrected chi connectivity index (χ4v) is 1.68. The number of ether oxygens (including phenoxy) is 1. The zero-order chi connectivity index (χ0) is 12.3. The summed E-state index contributed by atoms with van der Waals surface area (Å²) >= 11 is 1.82.